The van der Waals surface area contributed by atoms with Gasteiger partial charge >= 0.3 is 0 Å². The van der Waals surface area contributed by atoms with Gasteiger partial charge in [0.15, 0.2) is 0 Å². The Morgan fingerprint density at radius 2 is 1.62 bits per heavy atom. The summed E-state index contributed by atoms with van der Waals surface area (Å²) in [6, 6.07) is 5.93. The van der Waals surface area contributed by atoms with Crippen molar-refractivity contribution in [1.29, 1.82) is 0 Å². The number of benzene rings is 1. The SMILES string of the molecule is CCCN(CCC)Cc1ccc(N)c(N)c1. The molecule has 0 aliphatic rings. The van der Waals surface area contributed by atoms with Gasteiger partial charge in [-0.2, -0.15) is 0 Å². The van der Waals surface area contributed by atoms with Crippen molar-refractivity contribution in [1.82, 2.24) is 4.90 Å². The molecular formula is C13H23N3. The van der Waals surface area contributed by atoms with Gasteiger partial charge in [0.2, 0.25) is 0 Å². The van der Waals surface area contributed by atoms with Gasteiger partial charge in [0, 0.05) is 6.54 Å². The molecule has 0 saturated carbocycles. The van der Waals surface area contributed by atoms with Gasteiger partial charge in [0.25, 0.3) is 0 Å². The van der Waals surface area contributed by atoms with E-state index in [2.05, 4.69) is 24.8 Å². The average molecular weight is 221 g/mol. The van der Waals surface area contributed by atoms with Crippen LogP contribution in [0.4, 0.5) is 11.4 Å². The molecule has 0 radical (unpaired) electrons. The normalized spacial score (nSPS) is 10.9. The third-order valence-electron chi connectivity index (χ3n) is 2.64. The molecule has 4 N–H and O–H groups in total. The topological polar surface area (TPSA) is 55.3 Å². The van der Waals surface area contributed by atoms with Crippen molar-refractivity contribution in [2.24, 2.45) is 0 Å². The Balaban J connectivity index is 2.65. The minimum atomic E-state index is 0.668. The largest absolute Gasteiger partial charge is 0.397 e. The Bertz CT molecular complexity index is 317. The lowest BCUT2D eigenvalue weighted by molar-refractivity contribution is 0.266. The second kappa shape index (κ2) is 6.38. The fourth-order valence-electron chi connectivity index (χ4n) is 1.88. The molecule has 0 aliphatic heterocycles. The van der Waals surface area contributed by atoms with Crippen LogP contribution in [0.15, 0.2) is 18.2 Å². The van der Waals surface area contributed by atoms with Crippen LogP contribution >= 0.6 is 0 Å². The molecule has 0 amide bonds. The molecule has 0 aliphatic carbocycles. The lowest BCUT2D eigenvalue weighted by atomic mass is 10.1. The van der Waals surface area contributed by atoms with Crippen LogP contribution < -0.4 is 11.5 Å². The van der Waals surface area contributed by atoms with E-state index in [-0.39, 0.29) is 0 Å². The molecular weight excluding hydrogens is 198 g/mol. The molecule has 90 valence electrons. The summed E-state index contributed by atoms with van der Waals surface area (Å²) in [7, 11) is 0. The molecule has 1 rings (SSSR count). The molecule has 1 aromatic rings. The lowest BCUT2D eigenvalue weighted by Crippen LogP contribution is -2.24. The Hall–Kier alpha value is -1.22. The first kappa shape index (κ1) is 12.8. The van der Waals surface area contributed by atoms with E-state index in [0.29, 0.717) is 11.4 Å². The number of rotatable bonds is 6. The number of nitrogen functional groups attached to an aromatic ring is 2. The molecule has 0 spiro atoms. The van der Waals surface area contributed by atoms with Gasteiger partial charge < -0.3 is 11.5 Å². The molecule has 0 unspecified atom stereocenters. The smallest absolute Gasteiger partial charge is 0.0551 e. The maximum absolute atomic E-state index is 5.80. The molecule has 0 fully saturated rings. The molecule has 1 aromatic carbocycles. The molecule has 0 aromatic heterocycles. The van der Waals surface area contributed by atoms with Crippen LogP contribution in [0.25, 0.3) is 0 Å². The number of nitrogens with two attached hydrogens (primary N) is 2. The summed E-state index contributed by atoms with van der Waals surface area (Å²) >= 11 is 0. The monoisotopic (exact) mass is 221 g/mol. The van der Waals surface area contributed by atoms with Crippen LogP contribution in [0.1, 0.15) is 32.3 Å². The van der Waals surface area contributed by atoms with Gasteiger partial charge in [-0.3, -0.25) is 4.90 Å². The van der Waals surface area contributed by atoms with Crippen molar-refractivity contribution < 1.29 is 0 Å². The third-order valence-corrected chi connectivity index (χ3v) is 2.64. The van der Waals surface area contributed by atoms with Gasteiger partial charge in [0.1, 0.15) is 0 Å². The summed E-state index contributed by atoms with van der Waals surface area (Å²) in [5, 5.41) is 0. The molecule has 0 heterocycles. The van der Waals surface area contributed by atoms with Gasteiger partial charge in [-0.1, -0.05) is 19.9 Å². The van der Waals surface area contributed by atoms with Crippen LogP contribution in [0.5, 0.6) is 0 Å². The van der Waals surface area contributed by atoms with Gasteiger partial charge in [0.05, 0.1) is 11.4 Å². The maximum Gasteiger partial charge on any atom is 0.0551 e. The van der Waals surface area contributed by atoms with E-state index in [9.17, 15) is 0 Å². The van der Waals surface area contributed by atoms with E-state index in [0.717, 1.165) is 19.6 Å². The van der Waals surface area contributed by atoms with Crippen molar-refractivity contribution in [2.75, 3.05) is 24.6 Å². The molecule has 16 heavy (non-hydrogen) atoms. The Kier molecular flexibility index (Phi) is 5.12. The molecule has 0 bridgehead atoms. The van der Waals surface area contributed by atoms with E-state index < -0.39 is 0 Å². The Morgan fingerprint density at radius 3 is 2.12 bits per heavy atom. The van der Waals surface area contributed by atoms with Crippen molar-refractivity contribution in [2.45, 2.75) is 33.2 Å². The van der Waals surface area contributed by atoms with E-state index >= 15 is 0 Å². The maximum atomic E-state index is 5.80. The highest BCUT2D eigenvalue weighted by Gasteiger charge is 2.04. The fraction of sp³-hybridized carbons (Fsp3) is 0.538. The third kappa shape index (κ3) is 3.74. The van der Waals surface area contributed by atoms with Gasteiger partial charge in [-0.25, -0.2) is 0 Å². The minimum absolute atomic E-state index is 0.668. The average Bonchev–Trinajstić information content (AvgIpc) is 2.24. The number of nitrogens with zero attached hydrogens (tertiary/aromatic N) is 1. The highest BCUT2D eigenvalue weighted by atomic mass is 15.1. The predicted octanol–water partition coefficient (Wildman–Crippen LogP) is 2.47. The molecule has 3 heteroatoms. The lowest BCUT2D eigenvalue weighted by Gasteiger charge is -2.21. The van der Waals surface area contributed by atoms with Crippen LogP contribution in [0.2, 0.25) is 0 Å². The fourth-order valence-corrected chi connectivity index (χ4v) is 1.88. The highest BCUT2D eigenvalue weighted by molar-refractivity contribution is 5.63. The van der Waals surface area contributed by atoms with E-state index in [1.165, 1.54) is 18.4 Å². The van der Waals surface area contributed by atoms with Gasteiger partial charge in [-0.15, -0.1) is 0 Å². The Labute approximate surface area is 98.4 Å². The molecule has 0 atom stereocenters. The van der Waals surface area contributed by atoms with Crippen LogP contribution in [0.3, 0.4) is 0 Å². The van der Waals surface area contributed by atoms with Crippen molar-refractivity contribution in [3.05, 3.63) is 23.8 Å². The summed E-state index contributed by atoms with van der Waals surface area (Å²) in [6.07, 6.45) is 2.37. The van der Waals surface area contributed by atoms with E-state index in [4.69, 9.17) is 11.5 Å². The summed E-state index contributed by atoms with van der Waals surface area (Å²) < 4.78 is 0. The zero-order valence-corrected chi connectivity index (χ0v) is 10.4. The standard InChI is InChI=1S/C13H23N3/c1-3-7-16(8-4-2)10-11-5-6-12(14)13(15)9-11/h5-6,9H,3-4,7-8,10,14-15H2,1-2H3. The van der Waals surface area contributed by atoms with E-state index in [1.807, 2.05) is 12.1 Å². The minimum Gasteiger partial charge on any atom is -0.397 e. The Morgan fingerprint density at radius 1 is 1.00 bits per heavy atom. The first-order valence-corrected chi connectivity index (χ1v) is 6.03. The van der Waals surface area contributed by atoms with Crippen molar-refractivity contribution >= 4 is 11.4 Å². The number of hydrogen-bond donors (Lipinski definition) is 2. The zero-order chi connectivity index (χ0) is 12.0. The van der Waals surface area contributed by atoms with Crippen molar-refractivity contribution in [3.63, 3.8) is 0 Å². The second-order valence-electron chi connectivity index (χ2n) is 4.24. The predicted molar refractivity (Wildman–Crippen MR) is 71.1 cm³/mol. The van der Waals surface area contributed by atoms with Crippen LogP contribution in [0, 0.1) is 0 Å². The second-order valence-corrected chi connectivity index (χ2v) is 4.24. The summed E-state index contributed by atoms with van der Waals surface area (Å²) in [5.74, 6) is 0. The molecule has 0 saturated heterocycles. The quantitative estimate of drug-likeness (QED) is 0.726. The summed E-state index contributed by atoms with van der Waals surface area (Å²) in [4.78, 5) is 2.45. The first-order valence-electron chi connectivity index (χ1n) is 6.03. The summed E-state index contributed by atoms with van der Waals surface area (Å²) in [6.45, 7) is 7.66. The zero-order valence-electron chi connectivity index (χ0n) is 10.4. The number of hydrogen-bond acceptors (Lipinski definition) is 3. The number of anilines is 2. The molecule has 3 nitrogen and oxygen atoms in total. The summed E-state index contributed by atoms with van der Waals surface area (Å²) in [5.41, 5.74) is 14.1. The van der Waals surface area contributed by atoms with Gasteiger partial charge in [-0.05, 0) is 43.6 Å². The van der Waals surface area contributed by atoms with Crippen LogP contribution in [-0.4, -0.2) is 18.0 Å². The van der Waals surface area contributed by atoms with Crippen molar-refractivity contribution in [3.8, 4) is 0 Å². The first-order chi connectivity index (χ1) is 7.67. The van der Waals surface area contributed by atoms with E-state index in [1.54, 1.807) is 0 Å². The van der Waals surface area contributed by atoms with Crippen LogP contribution in [-0.2, 0) is 6.54 Å². The highest BCUT2D eigenvalue weighted by Crippen LogP contribution is 2.17.